The molecule has 1 heterocycles. The van der Waals surface area contributed by atoms with Gasteiger partial charge < -0.3 is 16.2 Å². The molecule has 0 aromatic heterocycles. The standard InChI is InChI=1S/C6H12N2O2/c7-2-4-1-5(6(9)10)8-3-4/h4-5,8H,1-3,7H2,(H,9,10)/t4-,5?/m0/s1. The van der Waals surface area contributed by atoms with Crippen LogP contribution in [0.25, 0.3) is 0 Å². The molecule has 0 bridgehead atoms. The molecule has 58 valence electrons. The Bertz CT molecular complexity index is 138. The molecule has 1 saturated heterocycles. The van der Waals surface area contributed by atoms with Crippen molar-refractivity contribution >= 4 is 5.97 Å². The van der Waals surface area contributed by atoms with Crippen molar-refractivity contribution in [1.29, 1.82) is 0 Å². The molecule has 1 fully saturated rings. The summed E-state index contributed by atoms with van der Waals surface area (Å²) in [7, 11) is 0. The predicted octanol–water partition coefficient (Wildman–Crippen LogP) is -0.992. The fourth-order valence-electron chi connectivity index (χ4n) is 1.18. The van der Waals surface area contributed by atoms with E-state index in [0.717, 1.165) is 6.54 Å². The molecule has 1 aliphatic heterocycles. The van der Waals surface area contributed by atoms with Gasteiger partial charge in [-0.2, -0.15) is 0 Å². The van der Waals surface area contributed by atoms with Crippen molar-refractivity contribution in [2.75, 3.05) is 13.1 Å². The van der Waals surface area contributed by atoms with E-state index >= 15 is 0 Å². The Morgan fingerprint density at radius 3 is 2.80 bits per heavy atom. The second-order valence-electron chi connectivity index (χ2n) is 2.64. The first kappa shape index (κ1) is 7.50. The van der Waals surface area contributed by atoms with Crippen LogP contribution >= 0.6 is 0 Å². The van der Waals surface area contributed by atoms with Crippen LogP contribution in [0.2, 0.25) is 0 Å². The van der Waals surface area contributed by atoms with Crippen LogP contribution in [0.15, 0.2) is 0 Å². The van der Waals surface area contributed by atoms with E-state index in [-0.39, 0.29) is 6.04 Å². The predicted molar refractivity (Wildman–Crippen MR) is 36.6 cm³/mol. The van der Waals surface area contributed by atoms with Crippen molar-refractivity contribution in [1.82, 2.24) is 5.32 Å². The van der Waals surface area contributed by atoms with E-state index in [1.807, 2.05) is 0 Å². The van der Waals surface area contributed by atoms with Crippen molar-refractivity contribution in [3.63, 3.8) is 0 Å². The normalized spacial score (nSPS) is 32.5. The fourth-order valence-corrected chi connectivity index (χ4v) is 1.18. The van der Waals surface area contributed by atoms with Gasteiger partial charge in [0.05, 0.1) is 0 Å². The van der Waals surface area contributed by atoms with E-state index in [9.17, 15) is 4.79 Å². The molecule has 10 heavy (non-hydrogen) atoms. The minimum atomic E-state index is -0.768. The Kier molecular flexibility index (Phi) is 2.24. The number of carbonyl (C=O) groups is 1. The third-order valence-electron chi connectivity index (χ3n) is 1.85. The number of hydrogen-bond donors (Lipinski definition) is 3. The third kappa shape index (κ3) is 1.46. The zero-order chi connectivity index (χ0) is 7.56. The molecule has 0 aliphatic carbocycles. The monoisotopic (exact) mass is 144 g/mol. The van der Waals surface area contributed by atoms with Crippen LogP contribution in [0.5, 0.6) is 0 Å². The summed E-state index contributed by atoms with van der Waals surface area (Å²) in [6.45, 7) is 1.32. The minimum absolute atomic E-state index is 0.348. The van der Waals surface area contributed by atoms with Gasteiger partial charge in [0.2, 0.25) is 0 Å². The van der Waals surface area contributed by atoms with Crippen molar-refractivity contribution in [2.45, 2.75) is 12.5 Å². The number of aliphatic carboxylic acids is 1. The third-order valence-corrected chi connectivity index (χ3v) is 1.85. The van der Waals surface area contributed by atoms with Gasteiger partial charge in [-0.25, -0.2) is 0 Å². The number of nitrogens with one attached hydrogen (secondary N) is 1. The maximum Gasteiger partial charge on any atom is 0.320 e. The van der Waals surface area contributed by atoms with E-state index in [2.05, 4.69) is 5.32 Å². The molecule has 0 spiro atoms. The van der Waals surface area contributed by atoms with Gasteiger partial charge in [-0.05, 0) is 18.9 Å². The maximum absolute atomic E-state index is 10.4. The summed E-state index contributed by atoms with van der Waals surface area (Å²) in [5.74, 6) is -0.419. The average Bonchev–Trinajstić information content (AvgIpc) is 2.34. The molecule has 0 saturated carbocycles. The summed E-state index contributed by atoms with van der Waals surface area (Å²) in [5, 5.41) is 11.4. The van der Waals surface area contributed by atoms with E-state index in [1.54, 1.807) is 0 Å². The van der Waals surface area contributed by atoms with Gasteiger partial charge in [-0.1, -0.05) is 0 Å². The van der Waals surface area contributed by atoms with Gasteiger partial charge in [-0.15, -0.1) is 0 Å². The van der Waals surface area contributed by atoms with Gasteiger partial charge >= 0.3 is 5.97 Å². The molecule has 0 radical (unpaired) electrons. The van der Waals surface area contributed by atoms with Gasteiger partial charge in [-0.3, -0.25) is 4.79 Å². The Balaban J connectivity index is 2.35. The first-order chi connectivity index (χ1) is 4.74. The number of carboxylic acids is 1. The number of rotatable bonds is 2. The van der Waals surface area contributed by atoms with Crippen LogP contribution < -0.4 is 11.1 Å². The van der Waals surface area contributed by atoms with Crippen LogP contribution in [0.3, 0.4) is 0 Å². The molecular weight excluding hydrogens is 132 g/mol. The van der Waals surface area contributed by atoms with Crippen LogP contribution in [0.4, 0.5) is 0 Å². The van der Waals surface area contributed by atoms with Crippen molar-refractivity contribution < 1.29 is 9.90 Å². The second-order valence-corrected chi connectivity index (χ2v) is 2.64. The average molecular weight is 144 g/mol. The van der Waals surface area contributed by atoms with Gasteiger partial charge in [0.15, 0.2) is 0 Å². The Morgan fingerprint density at radius 2 is 2.50 bits per heavy atom. The second kappa shape index (κ2) is 2.98. The fraction of sp³-hybridized carbons (Fsp3) is 0.833. The summed E-state index contributed by atoms with van der Waals surface area (Å²) in [5.41, 5.74) is 5.36. The SMILES string of the molecule is NC[C@H]1CNC(C(=O)O)C1. The molecule has 1 rings (SSSR count). The van der Waals surface area contributed by atoms with Gasteiger partial charge in [0.1, 0.15) is 6.04 Å². The van der Waals surface area contributed by atoms with Gasteiger partial charge in [0.25, 0.3) is 0 Å². The van der Waals surface area contributed by atoms with E-state index in [0.29, 0.717) is 18.9 Å². The lowest BCUT2D eigenvalue weighted by atomic mass is 10.1. The minimum Gasteiger partial charge on any atom is -0.480 e. The first-order valence-electron chi connectivity index (χ1n) is 3.40. The quantitative estimate of drug-likeness (QED) is 0.465. The zero-order valence-electron chi connectivity index (χ0n) is 5.71. The molecule has 0 aromatic rings. The Labute approximate surface area is 59.4 Å². The van der Waals surface area contributed by atoms with E-state index in [1.165, 1.54) is 0 Å². The van der Waals surface area contributed by atoms with E-state index in [4.69, 9.17) is 10.8 Å². The highest BCUT2D eigenvalue weighted by Gasteiger charge is 2.27. The highest BCUT2D eigenvalue weighted by atomic mass is 16.4. The topological polar surface area (TPSA) is 75.3 Å². The molecule has 1 aliphatic rings. The van der Waals surface area contributed by atoms with Crippen LogP contribution in [0.1, 0.15) is 6.42 Å². The largest absolute Gasteiger partial charge is 0.480 e. The van der Waals surface area contributed by atoms with Crippen molar-refractivity contribution in [2.24, 2.45) is 11.7 Å². The highest BCUT2D eigenvalue weighted by Crippen LogP contribution is 2.11. The van der Waals surface area contributed by atoms with E-state index < -0.39 is 5.97 Å². The zero-order valence-corrected chi connectivity index (χ0v) is 5.71. The van der Waals surface area contributed by atoms with Crippen LogP contribution in [0, 0.1) is 5.92 Å². The number of nitrogens with two attached hydrogens (primary N) is 1. The first-order valence-corrected chi connectivity index (χ1v) is 3.40. The molecule has 1 unspecified atom stereocenters. The lowest BCUT2D eigenvalue weighted by Gasteiger charge is -2.02. The molecule has 0 aromatic carbocycles. The number of hydrogen-bond acceptors (Lipinski definition) is 3. The van der Waals surface area contributed by atoms with Crippen LogP contribution in [-0.2, 0) is 4.79 Å². The lowest BCUT2D eigenvalue weighted by Crippen LogP contribution is -2.29. The summed E-state index contributed by atoms with van der Waals surface area (Å²) < 4.78 is 0. The molecule has 4 nitrogen and oxygen atoms in total. The van der Waals surface area contributed by atoms with Crippen molar-refractivity contribution in [3.05, 3.63) is 0 Å². The number of carboxylic acid groups (broad SMARTS) is 1. The summed E-state index contributed by atoms with van der Waals surface area (Å²) in [4.78, 5) is 10.4. The summed E-state index contributed by atoms with van der Waals surface area (Å²) in [6.07, 6.45) is 0.672. The molecular formula is C6H12N2O2. The lowest BCUT2D eigenvalue weighted by molar-refractivity contribution is -0.139. The Morgan fingerprint density at radius 1 is 1.80 bits per heavy atom. The maximum atomic E-state index is 10.4. The van der Waals surface area contributed by atoms with Crippen molar-refractivity contribution in [3.8, 4) is 0 Å². The summed E-state index contributed by atoms with van der Waals surface area (Å²) >= 11 is 0. The van der Waals surface area contributed by atoms with Crippen LogP contribution in [-0.4, -0.2) is 30.2 Å². The van der Waals surface area contributed by atoms with Gasteiger partial charge in [0, 0.05) is 6.54 Å². The Hall–Kier alpha value is -0.610. The smallest absolute Gasteiger partial charge is 0.320 e. The molecule has 0 amide bonds. The summed E-state index contributed by atoms with van der Waals surface area (Å²) in [6, 6.07) is -0.367. The molecule has 4 N–H and O–H groups in total. The molecule has 2 atom stereocenters. The molecule has 4 heteroatoms. The highest BCUT2D eigenvalue weighted by molar-refractivity contribution is 5.73.